The number of fused-ring (bicyclic) bond motifs is 1. The molecule has 2 aliphatic heterocycles. The SMILES string of the molecule is COc1ccc(C(=O)N2CCN(C)CC2)cc1NC(=O)C1CC(=O)N(c2ccc3c(c2)CCC3)C1. The average molecular weight is 477 g/mol. The van der Waals surface area contributed by atoms with Gasteiger partial charge in [-0.2, -0.15) is 0 Å². The van der Waals surface area contributed by atoms with Gasteiger partial charge in [0.05, 0.1) is 18.7 Å². The Morgan fingerprint density at radius 3 is 2.54 bits per heavy atom. The number of piperazine rings is 1. The molecule has 2 fully saturated rings. The Labute approximate surface area is 205 Å². The number of amides is 3. The summed E-state index contributed by atoms with van der Waals surface area (Å²) < 4.78 is 5.43. The fraction of sp³-hybridized carbons (Fsp3) is 0.444. The smallest absolute Gasteiger partial charge is 0.254 e. The van der Waals surface area contributed by atoms with Crippen molar-refractivity contribution in [2.45, 2.75) is 25.7 Å². The van der Waals surface area contributed by atoms with Crippen LogP contribution in [-0.2, 0) is 22.4 Å². The molecule has 1 unspecified atom stereocenters. The van der Waals surface area contributed by atoms with Crippen molar-refractivity contribution in [1.82, 2.24) is 9.80 Å². The number of hydrogen-bond acceptors (Lipinski definition) is 5. The molecule has 184 valence electrons. The summed E-state index contributed by atoms with van der Waals surface area (Å²) in [7, 11) is 3.57. The maximum Gasteiger partial charge on any atom is 0.254 e. The van der Waals surface area contributed by atoms with Gasteiger partial charge < -0.3 is 24.8 Å². The maximum absolute atomic E-state index is 13.2. The molecule has 8 heteroatoms. The van der Waals surface area contributed by atoms with Crippen LogP contribution in [0.25, 0.3) is 0 Å². The molecule has 35 heavy (non-hydrogen) atoms. The molecule has 1 atom stereocenters. The molecule has 2 aromatic rings. The topological polar surface area (TPSA) is 82.2 Å². The van der Waals surface area contributed by atoms with Crippen LogP contribution >= 0.6 is 0 Å². The standard InChI is InChI=1S/C27H32N4O4/c1-29-10-12-30(13-11-29)27(34)20-7-9-24(35-2)23(15-20)28-26(33)21-16-25(32)31(17-21)22-8-6-18-4-3-5-19(18)14-22/h6-9,14-15,21H,3-5,10-13,16-17H2,1-2H3,(H,28,33). The van der Waals surface area contributed by atoms with Gasteiger partial charge in [-0.05, 0) is 67.8 Å². The average Bonchev–Trinajstić information content (AvgIpc) is 3.50. The molecule has 2 saturated heterocycles. The summed E-state index contributed by atoms with van der Waals surface area (Å²) in [5.41, 5.74) is 4.47. The van der Waals surface area contributed by atoms with E-state index in [0.717, 1.165) is 38.0 Å². The highest BCUT2D eigenvalue weighted by atomic mass is 16.5. The fourth-order valence-electron chi connectivity index (χ4n) is 5.22. The number of carbonyl (C=O) groups excluding carboxylic acids is 3. The predicted molar refractivity (Wildman–Crippen MR) is 134 cm³/mol. The van der Waals surface area contributed by atoms with Crippen LogP contribution in [-0.4, -0.2) is 74.4 Å². The third kappa shape index (κ3) is 4.75. The summed E-state index contributed by atoms with van der Waals surface area (Å²) in [5, 5.41) is 2.92. The number of nitrogens with zero attached hydrogens (tertiary/aromatic N) is 3. The lowest BCUT2D eigenvalue weighted by Crippen LogP contribution is -2.47. The van der Waals surface area contributed by atoms with Gasteiger partial charge in [0.2, 0.25) is 11.8 Å². The first-order valence-electron chi connectivity index (χ1n) is 12.3. The zero-order valence-electron chi connectivity index (χ0n) is 20.4. The normalized spacial score (nSPS) is 20.2. The lowest BCUT2D eigenvalue weighted by atomic mass is 10.1. The third-order valence-electron chi connectivity index (χ3n) is 7.38. The highest BCUT2D eigenvalue weighted by molar-refractivity contribution is 6.04. The van der Waals surface area contributed by atoms with Crippen molar-refractivity contribution in [1.29, 1.82) is 0 Å². The van der Waals surface area contributed by atoms with E-state index in [1.54, 1.807) is 23.1 Å². The summed E-state index contributed by atoms with van der Waals surface area (Å²) in [5.74, 6) is -0.348. The lowest BCUT2D eigenvalue weighted by molar-refractivity contribution is -0.122. The van der Waals surface area contributed by atoms with Crippen LogP contribution in [0.5, 0.6) is 5.75 Å². The lowest BCUT2D eigenvalue weighted by Gasteiger charge is -2.32. The van der Waals surface area contributed by atoms with Gasteiger partial charge in [0, 0.05) is 50.4 Å². The Morgan fingerprint density at radius 1 is 1.00 bits per heavy atom. The van der Waals surface area contributed by atoms with E-state index < -0.39 is 5.92 Å². The Bertz CT molecular complexity index is 1160. The van der Waals surface area contributed by atoms with E-state index in [-0.39, 0.29) is 24.1 Å². The van der Waals surface area contributed by atoms with Gasteiger partial charge in [0.1, 0.15) is 5.75 Å². The van der Waals surface area contributed by atoms with Crippen molar-refractivity contribution < 1.29 is 19.1 Å². The van der Waals surface area contributed by atoms with Crippen molar-refractivity contribution >= 4 is 29.1 Å². The summed E-state index contributed by atoms with van der Waals surface area (Å²) in [6.07, 6.45) is 3.44. The number of likely N-dealkylation sites (N-methyl/N-ethyl adjacent to an activating group) is 1. The molecule has 1 aliphatic carbocycles. The second-order valence-electron chi connectivity index (χ2n) is 9.71. The molecule has 1 N–H and O–H groups in total. The minimum absolute atomic E-state index is 0.0472. The number of rotatable bonds is 5. The minimum Gasteiger partial charge on any atom is -0.495 e. The van der Waals surface area contributed by atoms with Crippen LogP contribution in [0.2, 0.25) is 0 Å². The maximum atomic E-state index is 13.2. The molecule has 0 radical (unpaired) electrons. The molecule has 0 saturated carbocycles. The van der Waals surface area contributed by atoms with E-state index in [4.69, 9.17) is 4.74 Å². The summed E-state index contributed by atoms with van der Waals surface area (Å²) >= 11 is 0. The molecule has 5 rings (SSSR count). The summed E-state index contributed by atoms with van der Waals surface area (Å²) in [6, 6.07) is 11.3. The molecule has 0 spiro atoms. The molecule has 2 heterocycles. The Kier molecular flexibility index (Phi) is 6.47. The van der Waals surface area contributed by atoms with Crippen LogP contribution in [0.15, 0.2) is 36.4 Å². The van der Waals surface area contributed by atoms with Gasteiger partial charge in [0.15, 0.2) is 0 Å². The number of carbonyl (C=O) groups is 3. The number of aryl methyl sites for hydroxylation is 2. The molecular formula is C27H32N4O4. The monoisotopic (exact) mass is 476 g/mol. The molecule has 3 amide bonds. The number of ether oxygens (including phenoxy) is 1. The largest absolute Gasteiger partial charge is 0.495 e. The number of methoxy groups -OCH3 is 1. The first kappa shape index (κ1) is 23.4. The number of hydrogen-bond donors (Lipinski definition) is 1. The van der Waals surface area contributed by atoms with Crippen LogP contribution in [0.3, 0.4) is 0 Å². The van der Waals surface area contributed by atoms with Crippen LogP contribution in [0.1, 0.15) is 34.3 Å². The van der Waals surface area contributed by atoms with Gasteiger partial charge in [-0.1, -0.05) is 6.07 Å². The minimum atomic E-state index is -0.475. The van der Waals surface area contributed by atoms with E-state index in [2.05, 4.69) is 22.3 Å². The Balaban J connectivity index is 1.29. The van der Waals surface area contributed by atoms with E-state index in [9.17, 15) is 14.4 Å². The second-order valence-corrected chi connectivity index (χ2v) is 9.71. The molecular weight excluding hydrogens is 444 g/mol. The first-order chi connectivity index (χ1) is 16.9. The highest BCUT2D eigenvalue weighted by Crippen LogP contribution is 2.32. The predicted octanol–water partition coefficient (Wildman–Crippen LogP) is 2.56. The zero-order valence-corrected chi connectivity index (χ0v) is 20.4. The van der Waals surface area contributed by atoms with Crippen LogP contribution < -0.4 is 15.0 Å². The van der Waals surface area contributed by atoms with Crippen molar-refractivity contribution in [2.24, 2.45) is 5.92 Å². The van der Waals surface area contributed by atoms with Crippen LogP contribution in [0, 0.1) is 5.92 Å². The van der Waals surface area contributed by atoms with E-state index in [0.29, 0.717) is 36.6 Å². The molecule has 8 nitrogen and oxygen atoms in total. The van der Waals surface area contributed by atoms with Crippen molar-refractivity contribution in [3.8, 4) is 5.75 Å². The Hall–Kier alpha value is -3.39. The third-order valence-corrected chi connectivity index (χ3v) is 7.38. The van der Waals surface area contributed by atoms with E-state index in [1.807, 2.05) is 18.0 Å². The molecule has 2 aromatic carbocycles. The summed E-state index contributed by atoms with van der Waals surface area (Å²) in [4.78, 5) is 44.7. The quantitative estimate of drug-likeness (QED) is 0.717. The molecule has 3 aliphatic rings. The number of nitrogens with one attached hydrogen (secondary N) is 1. The van der Waals surface area contributed by atoms with E-state index in [1.165, 1.54) is 18.2 Å². The molecule has 0 bridgehead atoms. The number of benzene rings is 2. The fourth-order valence-corrected chi connectivity index (χ4v) is 5.22. The summed E-state index contributed by atoms with van der Waals surface area (Å²) in [6.45, 7) is 3.35. The van der Waals surface area contributed by atoms with Gasteiger partial charge >= 0.3 is 0 Å². The van der Waals surface area contributed by atoms with Gasteiger partial charge in [0.25, 0.3) is 5.91 Å². The van der Waals surface area contributed by atoms with Gasteiger partial charge in [-0.3, -0.25) is 14.4 Å². The second kappa shape index (κ2) is 9.70. The zero-order chi connectivity index (χ0) is 24.5. The van der Waals surface area contributed by atoms with Crippen molar-refractivity contribution in [2.75, 3.05) is 57.1 Å². The Morgan fingerprint density at radius 2 is 1.77 bits per heavy atom. The van der Waals surface area contributed by atoms with Crippen LogP contribution in [0.4, 0.5) is 11.4 Å². The van der Waals surface area contributed by atoms with Crippen molar-refractivity contribution in [3.05, 3.63) is 53.1 Å². The number of anilines is 2. The van der Waals surface area contributed by atoms with Gasteiger partial charge in [-0.15, -0.1) is 0 Å². The first-order valence-corrected chi connectivity index (χ1v) is 12.3. The highest BCUT2D eigenvalue weighted by Gasteiger charge is 2.36. The van der Waals surface area contributed by atoms with Crippen molar-refractivity contribution in [3.63, 3.8) is 0 Å². The van der Waals surface area contributed by atoms with Gasteiger partial charge in [-0.25, -0.2) is 0 Å². The molecule has 0 aromatic heterocycles. The van der Waals surface area contributed by atoms with E-state index >= 15 is 0 Å².